The molecule has 0 bridgehead atoms. The molecule has 3 saturated heterocycles. The van der Waals surface area contributed by atoms with Crippen LogP contribution >= 0.6 is 23.4 Å². The minimum Gasteiger partial charge on any atom is -0.378 e. The molecule has 200 valence electrons. The first-order chi connectivity index (χ1) is 18.3. The van der Waals surface area contributed by atoms with Crippen molar-refractivity contribution < 1.29 is 28.4 Å². The van der Waals surface area contributed by atoms with Gasteiger partial charge in [0.05, 0.1) is 42.8 Å². The molecule has 5 rings (SSSR count). The first-order valence-corrected chi connectivity index (χ1v) is 13.2. The van der Waals surface area contributed by atoms with E-state index < -0.39 is 21.9 Å². The third kappa shape index (κ3) is 5.35. The second-order valence-electron chi connectivity index (χ2n) is 8.82. The first-order valence-electron chi connectivity index (χ1n) is 12.0. The molecule has 3 aliphatic heterocycles. The molecule has 0 radical (unpaired) electrons. The Labute approximate surface area is 227 Å². The lowest BCUT2D eigenvalue weighted by molar-refractivity contribution is -0.384. The van der Waals surface area contributed by atoms with Gasteiger partial charge in [-0.1, -0.05) is 17.7 Å². The van der Waals surface area contributed by atoms with Crippen molar-refractivity contribution in [3.8, 4) is 0 Å². The summed E-state index contributed by atoms with van der Waals surface area (Å²) < 4.78 is 25.2. The molecule has 2 aromatic rings. The second kappa shape index (κ2) is 11.3. The van der Waals surface area contributed by atoms with Gasteiger partial charge in [0.1, 0.15) is 11.5 Å². The molecule has 13 heteroatoms. The third-order valence-corrected chi connectivity index (χ3v) is 7.82. The molecule has 0 atom stereocenters. The molecule has 2 aromatic carbocycles. The molecule has 3 fully saturated rings. The minimum absolute atomic E-state index is 0.0391. The zero-order valence-electron chi connectivity index (χ0n) is 20.2. The minimum atomic E-state index is -0.621. The fraction of sp³-hybridized carbons (Fsp3) is 0.360. The van der Waals surface area contributed by atoms with Crippen LogP contribution < -0.4 is 9.80 Å². The number of hydrogen-bond donors (Lipinski definition) is 0. The Morgan fingerprint density at radius 2 is 1.66 bits per heavy atom. The van der Waals surface area contributed by atoms with Crippen LogP contribution in [0, 0.1) is 15.9 Å². The topological polar surface area (TPSA) is 105 Å². The summed E-state index contributed by atoms with van der Waals surface area (Å²) in [6, 6.07) is 7.34. The Morgan fingerprint density at radius 3 is 2.26 bits per heavy atom. The average Bonchev–Trinajstić information content (AvgIpc) is 3.18. The summed E-state index contributed by atoms with van der Waals surface area (Å²) >= 11 is 6.80. The van der Waals surface area contributed by atoms with Crippen molar-refractivity contribution in [3.63, 3.8) is 0 Å². The van der Waals surface area contributed by atoms with Crippen molar-refractivity contribution in [1.29, 1.82) is 0 Å². The first kappa shape index (κ1) is 26.4. The number of halogens is 2. The number of carbonyl (C=O) groups excluding carboxylic acids is 2. The van der Waals surface area contributed by atoms with E-state index in [9.17, 15) is 24.1 Å². The summed E-state index contributed by atoms with van der Waals surface area (Å²) in [6.45, 7) is 3.74. The number of thioether (sulfide) groups is 1. The van der Waals surface area contributed by atoms with Gasteiger partial charge in [0.15, 0.2) is 0 Å². The molecule has 0 aromatic heterocycles. The Hall–Kier alpha value is -3.19. The molecular weight excluding hydrogens is 539 g/mol. The van der Waals surface area contributed by atoms with Gasteiger partial charge in [-0.2, -0.15) is 0 Å². The lowest BCUT2D eigenvalue weighted by atomic mass is 10.1. The summed E-state index contributed by atoms with van der Waals surface area (Å²) in [4.78, 5) is 42.6. The SMILES string of the molecule is O=C1S/C(=C\c2cc([N+](=O)[O-])c(N3CCOCC3)cc2N2CCOCC2)C(=O)N1Cc1c(F)cccc1Cl. The maximum atomic E-state index is 14.3. The number of amides is 2. The van der Waals surface area contributed by atoms with E-state index in [0.717, 1.165) is 4.90 Å². The summed E-state index contributed by atoms with van der Waals surface area (Å²) in [5.74, 6) is -1.24. The van der Waals surface area contributed by atoms with Crippen molar-refractivity contribution in [2.75, 3.05) is 62.4 Å². The number of imide groups is 1. The van der Waals surface area contributed by atoms with Crippen LogP contribution in [0.5, 0.6) is 0 Å². The fourth-order valence-corrected chi connectivity index (χ4v) is 5.65. The number of carbonyl (C=O) groups is 2. The predicted molar refractivity (Wildman–Crippen MR) is 142 cm³/mol. The molecular formula is C25H24ClFN4O6S. The van der Waals surface area contributed by atoms with Gasteiger partial charge < -0.3 is 19.3 Å². The monoisotopic (exact) mass is 562 g/mol. The van der Waals surface area contributed by atoms with E-state index in [0.29, 0.717) is 81.3 Å². The number of nitro benzene ring substituents is 1. The summed E-state index contributed by atoms with van der Waals surface area (Å²) in [5, 5.41) is 11.6. The summed E-state index contributed by atoms with van der Waals surface area (Å²) in [5.41, 5.74) is 1.54. The molecule has 10 nitrogen and oxygen atoms in total. The third-order valence-electron chi connectivity index (χ3n) is 6.56. The molecule has 3 aliphatic rings. The molecule has 0 spiro atoms. The number of ether oxygens (including phenoxy) is 2. The Morgan fingerprint density at radius 1 is 1.03 bits per heavy atom. The number of nitro groups is 1. The Kier molecular flexibility index (Phi) is 7.84. The van der Waals surface area contributed by atoms with Crippen LogP contribution in [-0.4, -0.2) is 73.6 Å². The largest absolute Gasteiger partial charge is 0.378 e. The average molecular weight is 563 g/mol. The van der Waals surface area contributed by atoms with E-state index in [1.54, 1.807) is 6.07 Å². The molecule has 38 heavy (non-hydrogen) atoms. The highest BCUT2D eigenvalue weighted by Crippen LogP contribution is 2.40. The van der Waals surface area contributed by atoms with Crippen LogP contribution in [0.2, 0.25) is 5.02 Å². The van der Waals surface area contributed by atoms with Crippen molar-refractivity contribution >= 4 is 57.6 Å². The van der Waals surface area contributed by atoms with Crippen molar-refractivity contribution in [3.05, 3.63) is 67.3 Å². The number of rotatable bonds is 6. The van der Waals surface area contributed by atoms with Gasteiger partial charge >= 0.3 is 0 Å². The van der Waals surface area contributed by atoms with Crippen LogP contribution in [0.1, 0.15) is 11.1 Å². The molecule has 2 amide bonds. The molecule has 0 aliphatic carbocycles. The number of anilines is 2. The van der Waals surface area contributed by atoms with Crippen LogP contribution in [-0.2, 0) is 20.8 Å². The smallest absolute Gasteiger partial charge is 0.293 e. The molecule has 0 saturated carbocycles. The number of hydrogen-bond acceptors (Lipinski definition) is 9. The standard InChI is InChI=1S/C25H24ClFN4O6S/c26-18-2-1-3-19(27)17(18)15-30-24(32)23(38-25(30)33)13-16-12-22(31(34)35)21(29-6-10-37-11-7-29)14-20(16)28-4-8-36-9-5-28/h1-3,12-14H,4-11,15H2/b23-13-. The highest BCUT2D eigenvalue weighted by Gasteiger charge is 2.36. The Bertz CT molecular complexity index is 1290. The van der Waals surface area contributed by atoms with Crippen LogP contribution in [0.3, 0.4) is 0 Å². The summed E-state index contributed by atoms with van der Waals surface area (Å²) in [7, 11) is 0. The molecule has 0 unspecified atom stereocenters. The van der Waals surface area contributed by atoms with E-state index in [1.165, 1.54) is 30.3 Å². The molecule has 0 N–H and O–H groups in total. The number of nitrogens with zero attached hydrogens (tertiary/aromatic N) is 4. The van der Waals surface area contributed by atoms with Crippen molar-refractivity contribution in [1.82, 2.24) is 4.90 Å². The van der Waals surface area contributed by atoms with E-state index in [-0.39, 0.29) is 27.7 Å². The van der Waals surface area contributed by atoms with E-state index in [1.807, 2.05) is 9.80 Å². The van der Waals surface area contributed by atoms with Gasteiger partial charge in [-0.15, -0.1) is 0 Å². The fourth-order valence-electron chi connectivity index (χ4n) is 4.60. The van der Waals surface area contributed by atoms with Gasteiger partial charge in [0, 0.05) is 54.1 Å². The highest BCUT2D eigenvalue weighted by atomic mass is 35.5. The maximum Gasteiger partial charge on any atom is 0.293 e. The quantitative estimate of drug-likeness (QED) is 0.289. The summed E-state index contributed by atoms with van der Waals surface area (Å²) in [6.07, 6.45) is 1.49. The maximum absolute atomic E-state index is 14.3. The normalized spacial score (nSPS) is 19.5. The van der Waals surface area contributed by atoms with E-state index in [4.69, 9.17) is 21.1 Å². The van der Waals surface area contributed by atoms with Crippen molar-refractivity contribution in [2.45, 2.75) is 6.54 Å². The molecule has 3 heterocycles. The zero-order valence-corrected chi connectivity index (χ0v) is 21.8. The lowest BCUT2D eigenvalue weighted by Gasteiger charge is -2.33. The predicted octanol–water partition coefficient (Wildman–Crippen LogP) is 4.30. The van der Waals surface area contributed by atoms with E-state index in [2.05, 4.69) is 0 Å². The Balaban J connectivity index is 1.53. The van der Waals surface area contributed by atoms with Gasteiger partial charge in [-0.3, -0.25) is 24.6 Å². The van der Waals surface area contributed by atoms with Gasteiger partial charge in [0.2, 0.25) is 0 Å². The van der Waals surface area contributed by atoms with E-state index >= 15 is 0 Å². The van der Waals surface area contributed by atoms with Crippen LogP contribution in [0.15, 0.2) is 35.2 Å². The zero-order chi connectivity index (χ0) is 26.8. The van der Waals surface area contributed by atoms with Gasteiger partial charge in [-0.25, -0.2) is 4.39 Å². The van der Waals surface area contributed by atoms with Gasteiger partial charge in [0.25, 0.3) is 16.8 Å². The van der Waals surface area contributed by atoms with Crippen LogP contribution in [0.25, 0.3) is 6.08 Å². The van der Waals surface area contributed by atoms with Crippen molar-refractivity contribution in [2.24, 2.45) is 0 Å². The van der Waals surface area contributed by atoms with Gasteiger partial charge in [-0.05, 0) is 36.0 Å². The number of morpholine rings is 2. The lowest BCUT2D eigenvalue weighted by Crippen LogP contribution is -2.38. The number of benzene rings is 2. The highest BCUT2D eigenvalue weighted by molar-refractivity contribution is 8.18. The second-order valence-corrected chi connectivity index (χ2v) is 10.2. The van der Waals surface area contributed by atoms with Crippen LogP contribution in [0.4, 0.5) is 26.2 Å².